The molecule has 0 saturated heterocycles. The summed E-state index contributed by atoms with van der Waals surface area (Å²) < 4.78 is 0. The molecular weight excluding hydrogens is 522 g/mol. The maximum Gasteiger partial charge on any atom is 0.0973 e. The SMILES string of the molecule is CC1(C)c2cc(-c3ccc(-c4ccccn4)cc3)ccc2-c2ccc(-c3nc4ccccc4nc3-c3ccccc3)cc21. The smallest absolute Gasteiger partial charge is 0.0973 e. The van der Waals surface area contributed by atoms with E-state index in [0.29, 0.717) is 0 Å². The maximum absolute atomic E-state index is 5.16. The largest absolute Gasteiger partial charge is 0.256 e. The molecule has 7 aromatic rings. The summed E-state index contributed by atoms with van der Waals surface area (Å²) in [5.41, 5.74) is 15.4. The molecule has 2 aromatic heterocycles. The van der Waals surface area contributed by atoms with Gasteiger partial charge in [0.25, 0.3) is 0 Å². The molecule has 2 heterocycles. The van der Waals surface area contributed by atoms with E-state index in [9.17, 15) is 0 Å². The molecule has 0 bridgehead atoms. The number of pyridine rings is 1. The van der Waals surface area contributed by atoms with E-state index in [4.69, 9.17) is 9.97 Å². The van der Waals surface area contributed by atoms with Gasteiger partial charge < -0.3 is 0 Å². The Labute approximate surface area is 251 Å². The molecule has 0 unspecified atom stereocenters. The summed E-state index contributed by atoms with van der Waals surface area (Å²) in [6, 6.07) is 46.9. The zero-order valence-electron chi connectivity index (χ0n) is 24.1. The molecule has 43 heavy (non-hydrogen) atoms. The van der Waals surface area contributed by atoms with Crippen LogP contribution in [0.15, 0.2) is 140 Å². The highest BCUT2D eigenvalue weighted by Gasteiger charge is 2.36. The predicted molar refractivity (Wildman–Crippen MR) is 177 cm³/mol. The molecule has 1 aliphatic carbocycles. The second-order valence-electron chi connectivity index (χ2n) is 11.7. The molecule has 0 atom stereocenters. The van der Waals surface area contributed by atoms with Crippen molar-refractivity contribution in [1.82, 2.24) is 15.0 Å². The monoisotopic (exact) mass is 551 g/mol. The number of fused-ring (bicyclic) bond motifs is 4. The molecule has 0 spiro atoms. The minimum atomic E-state index is -0.165. The lowest BCUT2D eigenvalue weighted by Crippen LogP contribution is -2.15. The van der Waals surface area contributed by atoms with E-state index >= 15 is 0 Å². The summed E-state index contributed by atoms with van der Waals surface area (Å²) in [6.45, 7) is 4.67. The lowest BCUT2D eigenvalue weighted by Gasteiger charge is -2.23. The molecule has 0 fully saturated rings. The van der Waals surface area contributed by atoms with Crippen LogP contribution in [-0.4, -0.2) is 15.0 Å². The molecule has 204 valence electrons. The normalized spacial score (nSPS) is 13.1. The first-order valence-electron chi connectivity index (χ1n) is 14.7. The van der Waals surface area contributed by atoms with E-state index in [1.165, 1.54) is 33.4 Å². The molecule has 3 nitrogen and oxygen atoms in total. The van der Waals surface area contributed by atoms with Gasteiger partial charge in [-0.15, -0.1) is 0 Å². The van der Waals surface area contributed by atoms with Crippen LogP contribution >= 0.6 is 0 Å². The minimum Gasteiger partial charge on any atom is -0.256 e. The molecule has 3 heteroatoms. The Morgan fingerprint density at radius 1 is 0.442 bits per heavy atom. The summed E-state index contributed by atoms with van der Waals surface area (Å²) in [7, 11) is 0. The number of hydrogen-bond acceptors (Lipinski definition) is 3. The van der Waals surface area contributed by atoms with Crippen molar-refractivity contribution in [3.05, 3.63) is 151 Å². The van der Waals surface area contributed by atoms with Crippen LogP contribution in [0, 0.1) is 0 Å². The number of para-hydroxylation sites is 2. The summed E-state index contributed by atoms with van der Waals surface area (Å²) in [6.07, 6.45) is 1.84. The van der Waals surface area contributed by atoms with Gasteiger partial charge in [0.2, 0.25) is 0 Å². The van der Waals surface area contributed by atoms with Crippen LogP contribution in [0.5, 0.6) is 0 Å². The van der Waals surface area contributed by atoms with E-state index in [0.717, 1.165) is 44.8 Å². The van der Waals surface area contributed by atoms with Gasteiger partial charge in [0.05, 0.1) is 28.1 Å². The molecule has 5 aromatic carbocycles. The Balaban J connectivity index is 1.21. The highest BCUT2D eigenvalue weighted by Crippen LogP contribution is 2.51. The van der Waals surface area contributed by atoms with E-state index in [-0.39, 0.29) is 5.41 Å². The van der Waals surface area contributed by atoms with Gasteiger partial charge in [-0.1, -0.05) is 111 Å². The average Bonchev–Trinajstić information content (AvgIpc) is 3.30. The first kappa shape index (κ1) is 25.3. The summed E-state index contributed by atoms with van der Waals surface area (Å²) >= 11 is 0. The van der Waals surface area contributed by atoms with Crippen LogP contribution in [0.25, 0.3) is 67.1 Å². The van der Waals surface area contributed by atoms with E-state index in [1.54, 1.807) is 0 Å². The molecule has 0 N–H and O–H groups in total. The van der Waals surface area contributed by atoms with Gasteiger partial charge in [-0.3, -0.25) is 4.98 Å². The fourth-order valence-corrected chi connectivity index (χ4v) is 6.43. The first-order valence-corrected chi connectivity index (χ1v) is 14.7. The molecule has 0 saturated carbocycles. The third kappa shape index (κ3) is 4.24. The molecule has 0 aliphatic heterocycles. The quantitative estimate of drug-likeness (QED) is 0.218. The minimum absolute atomic E-state index is 0.165. The van der Waals surface area contributed by atoms with Crippen molar-refractivity contribution in [3.8, 4) is 56.0 Å². The van der Waals surface area contributed by atoms with Crippen molar-refractivity contribution in [3.63, 3.8) is 0 Å². The number of hydrogen-bond donors (Lipinski definition) is 0. The third-order valence-electron chi connectivity index (χ3n) is 8.75. The van der Waals surface area contributed by atoms with E-state index in [2.05, 4.69) is 104 Å². The number of rotatable bonds is 4. The van der Waals surface area contributed by atoms with Crippen molar-refractivity contribution >= 4 is 11.0 Å². The molecule has 1 aliphatic rings. The van der Waals surface area contributed by atoms with Gasteiger partial charge >= 0.3 is 0 Å². The topological polar surface area (TPSA) is 38.7 Å². The predicted octanol–water partition coefficient (Wildman–Crippen LogP) is 10.00. The summed E-state index contributed by atoms with van der Waals surface area (Å²) in [5.74, 6) is 0. The van der Waals surface area contributed by atoms with Crippen LogP contribution in [-0.2, 0) is 5.41 Å². The average molecular weight is 552 g/mol. The van der Waals surface area contributed by atoms with Crippen molar-refractivity contribution in [2.24, 2.45) is 0 Å². The zero-order chi connectivity index (χ0) is 29.0. The van der Waals surface area contributed by atoms with Gasteiger partial charge in [0, 0.05) is 28.3 Å². The van der Waals surface area contributed by atoms with Crippen molar-refractivity contribution in [2.45, 2.75) is 19.3 Å². The number of benzene rings is 5. The Bertz CT molecular complexity index is 2130. The lowest BCUT2D eigenvalue weighted by atomic mass is 9.81. The Morgan fingerprint density at radius 2 is 0.977 bits per heavy atom. The molecular formula is C40H29N3. The fourth-order valence-electron chi connectivity index (χ4n) is 6.43. The van der Waals surface area contributed by atoms with Gasteiger partial charge in [0.15, 0.2) is 0 Å². The lowest BCUT2D eigenvalue weighted by molar-refractivity contribution is 0.661. The molecule has 0 amide bonds. The maximum atomic E-state index is 5.16. The summed E-state index contributed by atoms with van der Waals surface area (Å²) in [4.78, 5) is 14.8. The van der Waals surface area contributed by atoms with Gasteiger partial charge in [-0.2, -0.15) is 0 Å². The zero-order valence-corrected chi connectivity index (χ0v) is 24.1. The molecule has 8 rings (SSSR count). The standard InChI is InChI=1S/C40H29N3/c1-40(2)33-24-29(26-15-17-27(18-16-26)35-12-8-9-23-41-35)19-21-31(33)32-22-20-30(25-34(32)40)39-38(28-10-4-3-5-11-28)42-36-13-6-7-14-37(36)43-39/h3-25H,1-2H3. The molecule has 0 radical (unpaired) electrons. The van der Waals surface area contributed by atoms with Crippen LogP contribution in [0.4, 0.5) is 0 Å². The highest BCUT2D eigenvalue weighted by molar-refractivity contribution is 5.90. The number of nitrogens with zero attached hydrogens (tertiary/aromatic N) is 3. The van der Waals surface area contributed by atoms with Crippen molar-refractivity contribution in [2.75, 3.05) is 0 Å². The number of aromatic nitrogens is 3. The van der Waals surface area contributed by atoms with E-state index < -0.39 is 0 Å². The van der Waals surface area contributed by atoms with Crippen LogP contribution < -0.4 is 0 Å². The van der Waals surface area contributed by atoms with Crippen molar-refractivity contribution in [1.29, 1.82) is 0 Å². The Morgan fingerprint density at radius 3 is 1.63 bits per heavy atom. The van der Waals surface area contributed by atoms with Crippen LogP contribution in [0.2, 0.25) is 0 Å². The summed E-state index contributed by atoms with van der Waals surface area (Å²) in [5, 5.41) is 0. The van der Waals surface area contributed by atoms with Gasteiger partial charge in [0.1, 0.15) is 0 Å². The second-order valence-corrected chi connectivity index (χ2v) is 11.7. The first-order chi connectivity index (χ1) is 21.1. The third-order valence-corrected chi connectivity index (χ3v) is 8.75. The van der Waals surface area contributed by atoms with Crippen molar-refractivity contribution < 1.29 is 0 Å². The Hall–Kier alpha value is -5.41. The second kappa shape index (κ2) is 9.85. The van der Waals surface area contributed by atoms with Gasteiger partial charge in [-0.05, 0) is 69.8 Å². The van der Waals surface area contributed by atoms with Gasteiger partial charge in [-0.25, -0.2) is 9.97 Å². The van der Waals surface area contributed by atoms with E-state index in [1.807, 2.05) is 54.7 Å². The fraction of sp³-hybridized carbons (Fsp3) is 0.0750. The Kier molecular flexibility index (Phi) is 5.80. The van der Waals surface area contributed by atoms with Crippen LogP contribution in [0.3, 0.4) is 0 Å². The van der Waals surface area contributed by atoms with Crippen LogP contribution in [0.1, 0.15) is 25.0 Å². The highest BCUT2D eigenvalue weighted by atomic mass is 14.8.